The molecule has 1 heterocycles. The van der Waals surface area contributed by atoms with Gasteiger partial charge >= 0.3 is 0 Å². The number of aromatic amines is 1. The van der Waals surface area contributed by atoms with Crippen LogP contribution in [-0.2, 0) is 16.4 Å². The van der Waals surface area contributed by atoms with Gasteiger partial charge < -0.3 is 15.8 Å². The molecular weight excluding hydrogens is 388 g/mol. The maximum absolute atomic E-state index is 12.9. The molecule has 3 rings (SSSR count). The summed E-state index contributed by atoms with van der Waals surface area (Å²) < 4.78 is 28.5. The van der Waals surface area contributed by atoms with Crippen LogP contribution in [0, 0.1) is 5.92 Å². The second-order valence-electron chi connectivity index (χ2n) is 7.71. The van der Waals surface area contributed by atoms with Crippen LogP contribution in [0.5, 0.6) is 0 Å². The molecule has 0 aliphatic rings. The lowest BCUT2D eigenvalue weighted by molar-refractivity contribution is 0.117. The van der Waals surface area contributed by atoms with Crippen molar-refractivity contribution in [2.75, 3.05) is 0 Å². The summed E-state index contributed by atoms with van der Waals surface area (Å²) in [5, 5.41) is 10.6. The van der Waals surface area contributed by atoms with Gasteiger partial charge in [0.05, 0.1) is 28.4 Å². The van der Waals surface area contributed by atoms with Crippen molar-refractivity contribution in [3.8, 4) is 0 Å². The fourth-order valence-corrected chi connectivity index (χ4v) is 4.69. The topological polar surface area (TPSA) is 121 Å². The molecule has 8 heteroatoms. The number of hydrogen-bond donors (Lipinski definition) is 4. The van der Waals surface area contributed by atoms with Crippen LogP contribution in [0.15, 0.2) is 59.8 Å². The van der Waals surface area contributed by atoms with Crippen molar-refractivity contribution in [2.24, 2.45) is 11.7 Å². The van der Waals surface area contributed by atoms with E-state index in [9.17, 15) is 13.5 Å². The van der Waals surface area contributed by atoms with E-state index in [0.29, 0.717) is 17.5 Å². The van der Waals surface area contributed by atoms with Gasteiger partial charge in [-0.2, -0.15) is 0 Å². The van der Waals surface area contributed by atoms with Gasteiger partial charge in [-0.1, -0.05) is 44.2 Å². The lowest BCUT2D eigenvalue weighted by Crippen LogP contribution is -2.45. The van der Waals surface area contributed by atoms with Crippen molar-refractivity contribution in [2.45, 2.75) is 49.8 Å². The lowest BCUT2D eigenvalue weighted by Gasteiger charge is -2.27. The van der Waals surface area contributed by atoms with Crippen LogP contribution >= 0.6 is 0 Å². The van der Waals surface area contributed by atoms with Crippen LogP contribution < -0.4 is 10.5 Å². The van der Waals surface area contributed by atoms with E-state index in [4.69, 9.17) is 5.73 Å². The SMILES string of the molecule is CC(C)C(C[C@@H](O)[C@@H](N)Cc1ccccc1)NS(=O)(=O)c1ccc2nc[nH]c2c1. The lowest BCUT2D eigenvalue weighted by atomic mass is 9.93. The third-order valence-electron chi connectivity index (χ3n) is 5.12. The zero-order valence-corrected chi connectivity index (χ0v) is 17.4. The summed E-state index contributed by atoms with van der Waals surface area (Å²) in [6.45, 7) is 3.83. The van der Waals surface area contributed by atoms with Crippen LogP contribution in [0.2, 0.25) is 0 Å². The van der Waals surface area contributed by atoms with Crippen molar-refractivity contribution in [1.29, 1.82) is 0 Å². The maximum atomic E-state index is 12.9. The molecule has 0 bridgehead atoms. The van der Waals surface area contributed by atoms with E-state index in [-0.39, 0.29) is 17.2 Å². The van der Waals surface area contributed by atoms with Crippen LogP contribution in [0.25, 0.3) is 11.0 Å². The van der Waals surface area contributed by atoms with Crippen molar-refractivity contribution in [3.63, 3.8) is 0 Å². The van der Waals surface area contributed by atoms with Gasteiger partial charge in [0, 0.05) is 12.1 Å². The van der Waals surface area contributed by atoms with E-state index in [1.165, 1.54) is 12.4 Å². The zero-order valence-electron chi connectivity index (χ0n) is 16.6. The molecule has 0 amide bonds. The summed E-state index contributed by atoms with van der Waals surface area (Å²) >= 11 is 0. The van der Waals surface area contributed by atoms with Gasteiger partial charge in [0.15, 0.2) is 0 Å². The summed E-state index contributed by atoms with van der Waals surface area (Å²) in [6.07, 6.45) is 1.45. The standard InChI is InChI=1S/C21H28N4O3S/c1-14(2)19(12-21(26)17(22)10-15-6-4-3-5-7-15)25-29(27,28)16-8-9-18-20(11-16)24-13-23-18/h3-9,11,13-14,17,19,21,25-26H,10,12,22H2,1-2H3,(H,23,24)/t17-,19?,21+/m0/s1. The number of sulfonamides is 1. The fraction of sp³-hybridized carbons (Fsp3) is 0.381. The van der Waals surface area contributed by atoms with E-state index in [1.807, 2.05) is 44.2 Å². The normalized spacial score (nSPS) is 15.5. The largest absolute Gasteiger partial charge is 0.391 e. The average Bonchev–Trinajstić information content (AvgIpc) is 3.15. The molecular formula is C21H28N4O3S. The number of nitrogens with two attached hydrogens (primary N) is 1. The maximum Gasteiger partial charge on any atom is 0.240 e. The molecule has 29 heavy (non-hydrogen) atoms. The first-order valence-electron chi connectivity index (χ1n) is 9.69. The highest BCUT2D eigenvalue weighted by molar-refractivity contribution is 7.89. The predicted octanol–water partition coefficient (Wildman–Crippen LogP) is 2.19. The Morgan fingerprint density at radius 3 is 2.59 bits per heavy atom. The quantitative estimate of drug-likeness (QED) is 0.426. The van der Waals surface area contributed by atoms with Crippen LogP contribution in [0.1, 0.15) is 25.8 Å². The molecule has 0 aliphatic carbocycles. The highest BCUT2D eigenvalue weighted by Crippen LogP contribution is 2.19. The zero-order chi connectivity index (χ0) is 21.0. The van der Waals surface area contributed by atoms with Crippen LogP contribution in [0.3, 0.4) is 0 Å². The van der Waals surface area contributed by atoms with Gasteiger partial charge in [-0.25, -0.2) is 18.1 Å². The highest BCUT2D eigenvalue weighted by Gasteiger charge is 2.27. The van der Waals surface area contributed by atoms with Gasteiger partial charge in [0.1, 0.15) is 0 Å². The number of aliphatic hydroxyl groups is 1. The summed E-state index contributed by atoms with van der Waals surface area (Å²) in [7, 11) is -3.75. The molecule has 0 saturated heterocycles. The number of benzene rings is 2. The Balaban J connectivity index is 1.70. The fourth-order valence-electron chi connectivity index (χ4n) is 3.26. The third kappa shape index (κ3) is 5.42. The van der Waals surface area contributed by atoms with Crippen molar-refractivity contribution < 1.29 is 13.5 Å². The molecule has 1 aromatic heterocycles. The minimum Gasteiger partial charge on any atom is -0.391 e. The molecule has 5 N–H and O–H groups in total. The second-order valence-corrected chi connectivity index (χ2v) is 9.42. The van der Waals surface area contributed by atoms with Gasteiger partial charge in [0.25, 0.3) is 0 Å². The van der Waals surface area contributed by atoms with E-state index in [2.05, 4.69) is 14.7 Å². The number of aromatic nitrogens is 2. The van der Waals surface area contributed by atoms with Gasteiger partial charge in [-0.05, 0) is 42.5 Å². The first kappa shape index (κ1) is 21.4. The van der Waals surface area contributed by atoms with Crippen molar-refractivity contribution in [1.82, 2.24) is 14.7 Å². The van der Waals surface area contributed by atoms with Crippen LogP contribution in [0.4, 0.5) is 0 Å². The Bertz CT molecular complexity index is 1030. The van der Waals surface area contributed by atoms with Gasteiger partial charge in [-0.3, -0.25) is 0 Å². The monoisotopic (exact) mass is 416 g/mol. The number of hydrogen-bond acceptors (Lipinski definition) is 5. The number of rotatable bonds is 9. The predicted molar refractivity (Wildman–Crippen MR) is 114 cm³/mol. The molecule has 1 unspecified atom stereocenters. The Morgan fingerprint density at radius 1 is 1.17 bits per heavy atom. The summed E-state index contributed by atoms with van der Waals surface area (Å²) in [5.41, 5.74) is 8.57. The number of H-pyrrole nitrogens is 1. The number of fused-ring (bicyclic) bond motifs is 1. The number of nitrogens with zero attached hydrogens (tertiary/aromatic N) is 1. The molecule has 156 valence electrons. The second kappa shape index (κ2) is 9.04. The molecule has 7 nitrogen and oxygen atoms in total. The minimum absolute atomic E-state index is 0.0146. The summed E-state index contributed by atoms with van der Waals surface area (Å²) in [5.74, 6) is -0.0146. The van der Waals surface area contributed by atoms with Crippen molar-refractivity contribution >= 4 is 21.1 Å². The molecule has 0 saturated carbocycles. The molecule has 0 spiro atoms. The Morgan fingerprint density at radius 2 is 1.90 bits per heavy atom. The molecule has 3 aromatic rings. The Hall–Kier alpha value is -2.26. The molecule has 0 fully saturated rings. The summed E-state index contributed by atoms with van der Waals surface area (Å²) in [6, 6.07) is 13.5. The first-order chi connectivity index (χ1) is 13.8. The molecule has 3 atom stereocenters. The van der Waals surface area contributed by atoms with E-state index in [1.54, 1.807) is 12.1 Å². The Kier molecular flexibility index (Phi) is 6.69. The molecule has 2 aromatic carbocycles. The van der Waals surface area contributed by atoms with Crippen LogP contribution in [-0.4, -0.2) is 41.7 Å². The van der Waals surface area contributed by atoms with Gasteiger partial charge in [0.2, 0.25) is 10.0 Å². The van der Waals surface area contributed by atoms with Crippen molar-refractivity contribution in [3.05, 3.63) is 60.4 Å². The Labute approximate surface area is 171 Å². The number of aliphatic hydroxyl groups excluding tert-OH is 1. The smallest absolute Gasteiger partial charge is 0.240 e. The third-order valence-corrected chi connectivity index (χ3v) is 6.60. The molecule has 0 radical (unpaired) electrons. The average molecular weight is 417 g/mol. The van der Waals surface area contributed by atoms with E-state index >= 15 is 0 Å². The number of nitrogens with one attached hydrogen (secondary N) is 2. The number of imidazole rings is 1. The highest BCUT2D eigenvalue weighted by atomic mass is 32.2. The van der Waals surface area contributed by atoms with E-state index < -0.39 is 28.2 Å². The summed E-state index contributed by atoms with van der Waals surface area (Å²) in [4.78, 5) is 7.18. The first-order valence-corrected chi connectivity index (χ1v) is 11.2. The minimum atomic E-state index is -3.75. The van der Waals surface area contributed by atoms with E-state index in [0.717, 1.165) is 5.56 Å². The molecule has 0 aliphatic heterocycles. The van der Waals surface area contributed by atoms with Gasteiger partial charge in [-0.15, -0.1) is 0 Å².